The molecule has 0 bridgehead atoms. The first kappa shape index (κ1) is 13.8. The lowest BCUT2D eigenvalue weighted by Crippen LogP contribution is -2.07. The Morgan fingerprint density at radius 1 is 1.47 bits per heavy atom. The molecule has 0 aromatic rings. The average molecular weight is 268 g/mol. The van der Waals surface area contributed by atoms with Crippen LogP contribution in [0.4, 0.5) is 13.2 Å². The van der Waals surface area contributed by atoms with E-state index in [9.17, 15) is 18.3 Å². The van der Waals surface area contributed by atoms with Crippen molar-refractivity contribution in [2.24, 2.45) is 17.3 Å². The van der Waals surface area contributed by atoms with E-state index >= 15 is 0 Å². The van der Waals surface area contributed by atoms with E-state index < -0.39 is 28.5 Å². The molecule has 0 heterocycles. The molecule has 17 heavy (non-hydrogen) atoms. The topological polar surface area (TPSA) is 48.4 Å². The molecule has 1 fully saturated rings. The van der Waals surface area contributed by atoms with Crippen LogP contribution in [0.2, 0.25) is 0 Å². The Morgan fingerprint density at radius 3 is 2.41 bits per heavy atom. The summed E-state index contributed by atoms with van der Waals surface area (Å²) >= 11 is 5.13. The van der Waals surface area contributed by atoms with E-state index in [0.29, 0.717) is 0 Å². The van der Waals surface area contributed by atoms with Crippen LogP contribution >= 0.6 is 11.6 Å². The number of diazo groups is 1. The van der Waals surface area contributed by atoms with Crippen LogP contribution in [-0.2, 0) is 0 Å². The standard InChI is InChI=1S/C10H10ClF3N2O/c1-9(2)5(3-7(11)10(12,13)14)8(9)6(17)4-16-15/h3-5,8H,1-2H3/p+1/b6-4-,7-3+/t5-,8-/m1/s1. The number of hydrogen-bond acceptors (Lipinski definition) is 2. The highest BCUT2D eigenvalue weighted by molar-refractivity contribution is 6.30. The van der Waals surface area contributed by atoms with Gasteiger partial charge in [0.05, 0.1) is 0 Å². The van der Waals surface area contributed by atoms with Crippen LogP contribution < -0.4 is 0 Å². The number of hydrogen-bond donors (Lipinski definition) is 1. The molecule has 2 atom stereocenters. The van der Waals surface area contributed by atoms with Gasteiger partial charge in [-0.2, -0.15) is 13.2 Å². The summed E-state index contributed by atoms with van der Waals surface area (Å²) in [6.07, 6.45) is -2.89. The zero-order chi connectivity index (χ0) is 13.4. The van der Waals surface area contributed by atoms with Crippen LogP contribution in [0.1, 0.15) is 13.8 Å². The molecule has 1 aliphatic carbocycles. The molecule has 0 aromatic heterocycles. The summed E-state index contributed by atoms with van der Waals surface area (Å²) < 4.78 is 36.7. The predicted molar refractivity (Wildman–Crippen MR) is 56.5 cm³/mol. The second-order valence-electron chi connectivity index (χ2n) is 4.51. The number of aliphatic hydroxyl groups is 1. The molecule has 7 heteroatoms. The van der Waals surface area contributed by atoms with Gasteiger partial charge < -0.3 is 5.11 Å². The van der Waals surface area contributed by atoms with Crippen molar-refractivity contribution >= 4 is 11.6 Å². The lowest BCUT2D eigenvalue weighted by atomic mass is 10.1. The van der Waals surface area contributed by atoms with Crippen molar-refractivity contribution in [3.63, 3.8) is 0 Å². The van der Waals surface area contributed by atoms with Gasteiger partial charge in [-0.3, -0.25) is 0 Å². The maximum atomic E-state index is 12.2. The summed E-state index contributed by atoms with van der Waals surface area (Å²) in [7, 11) is 0. The largest absolute Gasteiger partial charge is 0.505 e. The Morgan fingerprint density at radius 2 is 2.00 bits per heavy atom. The Bertz CT molecular complexity index is 420. The number of halogens is 4. The number of alkyl halides is 3. The van der Waals surface area contributed by atoms with Gasteiger partial charge in [0.25, 0.3) is 0 Å². The third-order valence-corrected chi connectivity index (χ3v) is 3.36. The van der Waals surface area contributed by atoms with Gasteiger partial charge in [0, 0.05) is 5.92 Å². The van der Waals surface area contributed by atoms with Crippen molar-refractivity contribution in [3.05, 3.63) is 28.0 Å². The van der Waals surface area contributed by atoms with Crippen molar-refractivity contribution in [2.75, 3.05) is 0 Å². The highest BCUT2D eigenvalue weighted by atomic mass is 35.5. The van der Waals surface area contributed by atoms with Crippen molar-refractivity contribution in [1.29, 1.82) is 5.39 Å². The molecule has 1 saturated carbocycles. The van der Waals surface area contributed by atoms with E-state index in [-0.39, 0.29) is 5.76 Å². The smallest absolute Gasteiger partial charge is 0.426 e. The zero-order valence-corrected chi connectivity index (χ0v) is 9.92. The molecule has 1 rings (SSSR count). The van der Waals surface area contributed by atoms with Crippen LogP contribution in [0.5, 0.6) is 0 Å². The molecule has 0 radical (unpaired) electrons. The second kappa shape index (κ2) is 4.22. The van der Waals surface area contributed by atoms with Gasteiger partial charge in [0.2, 0.25) is 5.39 Å². The minimum Gasteiger partial charge on any atom is -0.505 e. The molecule has 0 unspecified atom stereocenters. The normalized spacial score (nSPS) is 28.8. The Balaban J connectivity index is 2.91. The van der Waals surface area contributed by atoms with Crippen LogP contribution in [0, 0.1) is 22.6 Å². The summed E-state index contributed by atoms with van der Waals surface area (Å²) in [6.45, 7) is 3.39. The maximum absolute atomic E-state index is 12.2. The number of nitrogens with zero attached hydrogens (tertiary/aromatic N) is 2. The van der Waals surface area contributed by atoms with E-state index in [1.165, 1.54) is 0 Å². The van der Waals surface area contributed by atoms with Crippen molar-refractivity contribution in [1.82, 2.24) is 0 Å². The van der Waals surface area contributed by atoms with Gasteiger partial charge in [0.1, 0.15) is 5.03 Å². The molecular weight excluding hydrogens is 257 g/mol. The second-order valence-corrected chi connectivity index (χ2v) is 4.91. The molecule has 3 nitrogen and oxygen atoms in total. The Labute approximate surface area is 101 Å². The molecule has 0 spiro atoms. The summed E-state index contributed by atoms with van der Waals surface area (Å²) in [6, 6.07) is 0. The molecule has 0 aliphatic heterocycles. The van der Waals surface area contributed by atoms with Crippen LogP contribution in [0.3, 0.4) is 0 Å². The van der Waals surface area contributed by atoms with Gasteiger partial charge in [-0.25, -0.2) is 0 Å². The van der Waals surface area contributed by atoms with E-state index in [1.807, 2.05) is 0 Å². The van der Waals surface area contributed by atoms with Crippen molar-refractivity contribution in [2.45, 2.75) is 20.0 Å². The van der Waals surface area contributed by atoms with Crippen molar-refractivity contribution in [3.8, 4) is 0 Å². The first-order valence-corrected chi connectivity index (χ1v) is 5.18. The quantitative estimate of drug-likeness (QED) is 0.602. The molecule has 0 amide bonds. The third-order valence-electron chi connectivity index (χ3n) is 3.02. The Hall–Kier alpha value is -1.22. The zero-order valence-electron chi connectivity index (χ0n) is 9.16. The fraction of sp³-hybridized carbons (Fsp3) is 0.600. The lowest BCUT2D eigenvalue weighted by molar-refractivity contribution is -0.0848. The first-order valence-electron chi connectivity index (χ1n) is 4.80. The minimum absolute atomic E-state index is 0.259. The van der Waals surface area contributed by atoms with Gasteiger partial charge in [-0.05, 0) is 11.3 Å². The first-order chi connectivity index (χ1) is 7.62. The summed E-state index contributed by atoms with van der Waals surface area (Å²) in [5, 5.41) is 16.5. The van der Waals surface area contributed by atoms with Crippen LogP contribution in [0.25, 0.3) is 4.98 Å². The van der Waals surface area contributed by atoms with E-state index in [0.717, 1.165) is 12.3 Å². The van der Waals surface area contributed by atoms with Crippen molar-refractivity contribution < 1.29 is 18.3 Å². The maximum Gasteiger partial charge on any atom is 0.426 e. The minimum atomic E-state index is -4.58. The highest BCUT2D eigenvalue weighted by Crippen LogP contribution is 2.62. The number of aliphatic hydroxyl groups excluding tert-OH is 1. The van der Waals surface area contributed by atoms with Gasteiger partial charge >= 0.3 is 12.4 Å². The van der Waals surface area contributed by atoms with E-state index in [2.05, 4.69) is 4.98 Å². The number of rotatable bonds is 2. The van der Waals surface area contributed by atoms with Crippen LogP contribution in [0.15, 0.2) is 23.1 Å². The summed E-state index contributed by atoms with van der Waals surface area (Å²) in [5.74, 6) is -1.31. The molecular formula is C10H11ClF3N2O+. The van der Waals surface area contributed by atoms with Crippen LogP contribution in [-0.4, -0.2) is 11.3 Å². The van der Waals surface area contributed by atoms with Gasteiger partial charge in [0.15, 0.2) is 10.7 Å². The van der Waals surface area contributed by atoms with Gasteiger partial charge in [-0.1, -0.05) is 31.5 Å². The van der Waals surface area contributed by atoms with E-state index in [4.69, 9.17) is 17.0 Å². The van der Waals surface area contributed by atoms with E-state index in [1.54, 1.807) is 13.8 Å². The fourth-order valence-corrected chi connectivity index (χ4v) is 2.08. The average Bonchev–Trinajstić information content (AvgIpc) is 2.67. The molecule has 0 aromatic carbocycles. The summed E-state index contributed by atoms with van der Waals surface area (Å²) in [5.41, 5.74) is -0.545. The molecule has 94 valence electrons. The summed E-state index contributed by atoms with van der Waals surface area (Å²) in [4.78, 5) is 2.64. The molecule has 1 aliphatic rings. The number of allylic oxidation sites excluding steroid dienone is 3. The van der Waals surface area contributed by atoms with Gasteiger partial charge in [-0.15, -0.1) is 0 Å². The SMILES string of the molecule is CC1(C)[C@H](/C=C(/Cl)C(F)(F)F)[C@@H]1/C(O)=C/[N+]#N. The Kier molecular flexibility index (Phi) is 3.44. The lowest BCUT2D eigenvalue weighted by Gasteiger charge is -2.04. The third kappa shape index (κ3) is 2.72. The fourth-order valence-electron chi connectivity index (χ4n) is 1.95. The molecule has 1 N–H and O–H groups in total. The predicted octanol–water partition coefficient (Wildman–Crippen LogP) is 4.20. The highest BCUT2D eigenvalue weighted by Gasteiger charge is 2.60. The molecule has 0 saturated heterocycles. The monoisotopic (exact) mass is 267 g/mol.